The number of amides is 1. The zero-order valence-corrected chi connectivity index (χ0v) is 10.2. The molecule has 1 saturated carbocycles. The number of aliphatic hydroxyl groups excluding tert-OH is 1. The number of halogens is 2. The molecule has 1 aliphatic rings. The molecule has 4 nitrogen and oxygen atoms in total. The number of hydrogen-bond donors (Lipinski definition) is 2. The highest BCUT2D eigenvalue weighted by Crippen LogP contribution is 2.29. The molecular formula is C13H15F2NO3. The fourth-order valence-electron chi connectivity index (χ4n) is 1.68. The quantitative estimate of drug-likeness (QED) is 0.830. The van der Waals surface area contributed by atoms with Crippen molar-refractivity contribution in [1.29, 1.82) is 0 Å². The number of rotatable bonds is 6. The minimum absolute atomic E-state index is 0.0352. The molecule has 0 spiro atoms. The number of benzene rings is 1. The van der Waals surface area contributed by atoms with Crippen LogP contribution in [0.3, 0.4) is 0 Å². The molecule has 0 bridgehead atoms. The normalized spacial score (nSPS) is 16.2. The predicted octanol–water partition coefficient (Wildman–Crippen LogP) is 1.85. The lowest BCUT2D eigenvalue weighted by Crippen LogP contribution is -2.29. The predicted molar refractivity (Wildman–Crippen MR) is 63.8 cm³/mol. The van der Waals surface area contributed by atoms with Gasteiger partial charge in [-0.3, -0.25) is 4.79 Å². The van der Waals surface area contributed by atoms with Gasteiger partial charge in [-0.15, -0.1) is 0 Å². The Labute approximate surface area is 109 Å². The van der Waals surface area contributed by atoms with E-state index in [2.05, 4.69) is 10.1 Å². The highest BCUT2D eigenvalue weighted by molar-refractivity contribution is 5.80. The van der Waals surface area contributed by atoms with Crippen LogP contribution in [0.4, 0.5) is 8.78 Å². The molecular weight excluding hydrogens is 256 g/mol. The van der Waals surface area contributed by atoms with Gasteiger partial charge in [0.15, 0.2) is 0 Å². The fourth-order valence-corrected chi connectivity index (χ4v) is 1.68. The summed E-state index contributed by atoms with van der Waals surface area (Å²) < 4.78 is 28.1. The van der Waals surface area contributed by atoms with Crippen molar-refractivity contribution >= 4 is 5.91 Å². The van der Waals surface area contributed by atoms with Gasteiger partial charge in [0.05, 0.1) is 6.10 Å². The van der Waals surface area contributed by atoms with Gasteiger partial charge in [-0.1, -0.05) is 12.1 Å². The fraction of sp³-hybridized carbons (Fsp3) is 0.462. The molecule has 2 N–H and O–H groups in total. The van der Waals surface area contributed by atoms with Crippen LogP contribution in [0.5, 0.6) is 5.75 Å². The number of nitrogens with one attached hydrogen (secondary N) is 1. The third-order valence-corrected chi connectivity index (χ3v) is 2.91. The van der Waals surface area contributed by atoms with Crippen LogP contribution in [0.15, 0.2) is 24.3 Å². The topological polar surface area (TPSA) is 58.6 Å². The SMILES string of the molecule is O=C(NCC(O)c1ccc(OC(F)F)cc1)C1CC1. The number of ether oxygens (including phenoxy) is 1. The molecule has 0 saturated heterocycles. The minimum Gasteiger partial charge on any atom is -0.435 e. The average Bonchev–Trinajstić information content (AvgIpc) is 3.20. The molecule has 2 rings (SSSR count). The van der Waals surface area contributed by atoms with Crippen molar-refractivity contribution in [3.63, 3.8) is 0 Å². The lowest BCUT2D eigenvalue weighted by molar-refractivity contribution is -0.122. The molecule has 0 heterocycles. The van der Waals surface area contributed by atoms with E-state index in [0.29, 0.717) is 5.56 Å². The third-order valence-electron chi connectivity index (χ3n) is 2.91. The van der Waals surface area contributed by atoms with Crippen LogP contribution in [0.2, 0.25) is 0 Å². The van der Waals surface area contributed by atoms with Crippen LogP contribution < -0.4 is 10.1 Å². The van der Waals surface area contributed by atoms with Crippen molar-refractivity contribution in [2.75, 3.05) is 6.54 Å². The van der Waals surface area contributed by atoms with E-state index in [0.717, 1.165) is 12.8 Å². The Balaban J connectivity index is 1.84. The largest absolute Gasteiger partial charge is 0.435 e. The second kappa shape index (κ2) is 5.97. The van der Waals surface area contributed by atoms with E-state index in [1.54, 1.807) is 0 Å². The Morgan fingerprint density at radius 1 is 1.37 bits per heavy atom. The first-order chi connectivity index (χ1) is 9.06. The van der Waals surface area contributed by atoms with Crippen LogP contribution in [0.25, 0.3) is 0 Å². The smallest absolute Gasteiger partial charge is 0.387 e. The van der Waals surface area contributed by atoms with E-state index in [9.17, 15) is 18.7 Å². The van der Waals surface area contributed by atoms with Crippen LogP contribution in [-0.4, -0.2) is 24.2 Å². The maximum Gasteiger partial charge on any atom is 0.387 e. The van der Waals surface area contributed by atoms with E-state index >= 15 is 0 Å². The molecule has 1 aromatic carbocycles. The monoisotopic (exact) mass is 271 g/mol. The number of hydrogen-bond acceptors (Lipinski definition) is 3. The number of carbonyl (C=O) groups is 1. The molecule has 6 heteroatoms. The van der Waals surface area contributed by atoms with Gasteiger partial charge in [0, 0.05) is 12.5 Å². The zero-order chi connectivity index (χ0) is 13.8. The van der Waals surface area contributed by atoms with Crippen molar-refractivity contribution in [3.8, 4) is 5.75 Å². The number of carbonyl (C=O) groups excluding carboxylic acids is 1. The Bertz CT molecular complexity index is 432. The summed E-state index contributed by atoms with van der Waals surface area (Å²) in [5, 5.41) is 12.5. The van der Waals surface area contributed by atoms with Gasteiger partial charge in [0.25, 0.3) is 0 Å². The molecule has 0 radical (unpaired) electrons. The summed E-state index contributed by atoms with van der Waals surface area (Å²) in [6, 6.07) is 5.69. The van der Waals surface area contributed by atoms with Gasteiger partial charge >= 0.3 is 6.61 Å². The molecule has 1 unspecified atom stereocenters. The highest BCUT2D eigenvalue weighted by Gasteiger charge is 2.29. The first-order valence-corrected chi connectivity index (χ1v) is 6.07. The summed E-state index contributed by atoms with van der Waals surface area (Å²) in [5.41, 5.74) is 0.540. The summed E-state index contributed by atoms with van der Waals surface area (Å²) in [7, 11) is 0. The van der Waals surface area contributed by atoms with E-state index in [-0.39, 0.29) is 24.1 Å². The molecule has 104 valence electrons. The maximum atomic E-state index is 12.0. The van der Waals surface area contributed by atoms with Crippen molar-refractivity contribution in [3.05, 3.63) is 29.8 Å². The first kappa shape index (κ1) is 13.7. The molecule has 1 amide bonds. The van der Waals surface area contributed by atoms with Crippen LogP contribution in [0, 0.1) is 5.92 Å². The van der Waals surface area contributed by atoms with E-state index in [4.69, 9.17) is 0 Å². The zero-order valence-electron chi connectivity index (χ0n) is 10.2. The second-order valence-electron chi connectivity index (χ2n) is 4.48. The van der Waals surface area contributed by atoms with E-state index in [1.165, 1.54) is 24.3 Å². The van der Waals surface area contributed by atoms with Crippen molar-refractivity contribution in [2.45, 2.75) is 25.6 Å². The number of aliphatic hydroxyl groups is 1. The van der Waals surface area contributed by atoms with Gasteiger partial charge in [-0.25, -0.2) is 0 Å². The average molecular weight is 271 g/mol. The van der Waals surface area contributed by atoms with Gasteiger partial charge in [0.2, 0.25) is 5.91 Å². The summed E-state index contributed by atoms with van der Waals surface area (Å²) >= 11 is 0. The molecule has 19 heavy (non-hydrogen) atoms. The van der Waals surface area contributed by atoms with Gasteiger partial charge in [0.1, 0.15) is 5.75 Å². The van der Waals surface area contributed by atoms with Crippen LogP contribution in [-0.2, 0) is 4.79 Å². The van der Waals surface area contributed by atoms with Gasteiger partial charge in [-0.05, 0) is 30.5 Å². The van der Waals surface area contributed by atoms with Gasteiger partial charge < -0.3 is 15.2 Å². The second-order valence-corrected chi connectivity index (χ2v) is 4.48. The Hall–Kier alpha value is -1.69. The van der Waals surface area contributed by atoms with Crippen LogP contribution in [0.1, 0.15) is 24.5 Å². The molecule has 0 aromatic heterocycles. The van der Waals surface area contributed by atoms with Crippen molar-refractivity contribution in [2.24, 2.45) is 5.92 Å². The highest BCUT2D eigenvalue weighted by atomic mass is 19.3. The Morgan fingerprint density at radius 2 is 2.00 bits per heavy atom. The lowest BCUT2D eigenvalue weighted by Gasteiger charge is -2.13. The summed E-state index contributed by atoms with van der Waals surface area (Å²) in [5.74, 6) is 0.0821. The lowest BCUT2D eigenvalue weighted by atomic mass is 10.1. The third kappa shape index (κ3) is 4.17. The molecule has 0 aliphatic heterocycles. The molecule has 1 aliphatic carbocycles. The maximum absolute atomic E-state index is 12.0. The summed E-state index contributed by atoms with van der Waals surface area (Å²) in [6.45, 7) is -2.75. The Kier molecular flexibility index (Phi) is 4.31. The van der Waals surface area contributed by atoms with Crippen molar-refractivity contribution < 1.29 is 23.4 Å². The first-order valence-electron chi connectivity index (χ1n) is 6.07. The number of alkyl halides is 2. The minimum atomic E-state index is -2.87. The Morgan fingerprint density at radius 3 is 2.53 bits per heavy atom. The van der Waals surface area contributed by atoms with Crippen LogP contribution >= 0.6 is 0 Å². The van der Waals surface area contributed by atoms with Gasteiger partial charge in [-0.2, -0.15) is 8.78 Å². The molecule has 1 fully saturated rings. The standard InChI is InChI=1S/C13H15F2NO3/c14-13(15)19-10-5-3-8(4-6-10)11(17)7-16-12(18)9-1-2-9/h3-6,9,11,13,17H,1-2,7H2,(H,16,18). The summed E-state index contributed by atoms with van der Waals surface area (Å²) in [6.07, 6.45) is 0.951. The molecule has 1 atom stereocenters. The van der Waals surface area contributed by atoms with E-state index in [1.807, 2.05) is 0 Å². The van der Waals surface area contributed by atoms with Crippen molar-refractivity contribution in [1.82, 2.24) is 5.32 Å². The van der Waals surface area contributed by atoms with E-state index < -0.39 is 12.7 Å². The summed E-state index contributed by atoms with van der Waals surface area (Å²) in [4.78, 5) is 11.4. The molecule has 1 aromatic rings.